The molecule has 1 fully saturated rings. The number of carbonyl (C=O) groups is 3. The van der Waals surface area contributed by atoms with E-state index in [-0.39, 0.29) is 29.6 Å². The minimum Gasteiger partial charge on any atom is -0.465 e. The van der Waals surface area contributed by atoms with Gasteiger partial charge in [-0.1, -0.05) is 26.0 Å². The molecule has 4 heterocycles. The summed E-state index contributed by atoms with van der Waals surface area (Å²) >= 11 is 3.31. The van der Waals surface area contributed by atoms with E-state index in [4.69, 9.17) is 10.5 Å². The molecule has 0 bridgehead atoms. The van der Waals surface area contributed by atoms with Crippen LogP contribution in [0.2, 0.25) is 0 Å². The minimum atomic E-state index is -0.684. The van der Waals surface area contributed by atoms with Crippen LogP contribution in [0.3, 0.4) is 0 Å². The minimum absolute atomic E-state index is 0.115. The standard InChI is InChI=1S/C26H26BrN7O4/c1-26(2)10-17(24(36)32-19-6-4-5-18(27)31-19)34(12-26)20(35)11-33-16-9-14(25(37)38-3)7-8-15(16)21-22(28)29-13-30-23(21)33/h4-9,13,17H,10-12H2,1-3H3,(H2,28,29,30)(H,31,32,36)/t17-/m0/s1. The van der Waals surface area contributed by atoms with Crippen molar-refractivity contribution >= 4 is 67.3 Å². The van der Waals surface area contributed by atoms with Gasteiger partial charge in [-0.05, 0) is 52.0 Å². The second kappa shape index (κ2) is 9.67. The molecular weight excluding hydrogens is 554 g/mol. The zero-order valence-electron chi connectivity index (χ0n) is 21.1. The lowest BCUT2D eigenvalue weighted by atomic mass is 9.90. The molecule has 196 valence electrons. The quantitative estimate of drug-likeness (QED) is 0.270. The molecule has 0 saturated carbocycles. The summed E-state index contributed by atoms with van der Waals surface area (Å²) in [4.78, 5) is 53.7. The Morgan fingerprint density at radius 1 is 1.21 bits per heavy atom. The average Bonchev–Trinajstić information content (AvgIpc) is 3.38. The SMILES string of the molecule is COC(=O)c1ccc2c3c(N)ncnc3n(CC(=O)N3CC(C)(C)C[C@H]3C(=O)Nc3cccc(Br)n3)c2c1. The predicted molar refractivity (Wildman–Crippen MR) is 145 cm³/mol. The van der Waals surface area contributed by atoms with E-state index in [1.807, 2.05) is 13.8 Å². The third-order valence-corrected chi connectivity index (χ3v) is 7.14. The van der Waals surface area contributed by atoms with Crippen molar-refractivity contribution in [3.05, 3.63) is 52.9 Å². The number of nitrogens with one attached hydrogen (secondary N) is 1. The van der Waals surface area contributed by atoms with Crippen molar-refractivity contribution in [2.24, 2.45) is 5.41 Å². The lowest BCUT2D eigenvalue weighted by Gasteiger charge is -2.24. The molecule has 0 unspecified atom stereocenters. The number of esters is 1. The van der Waals surface area contributed by atoms with Crippen LogP contribution in [-0.4, -0.2) is 61.9 Å². The van der Waals surface area contributed by atoms with E-state index in [9.17, 15) is 14.4 Å². The summed E-state index contributed by atoms with van der Waals surface area (Å²) in [6.45, 7) is 4.33. The molecule has 0 radical (unpaired) electrons. The number of rotatable bonds is 5. The maximum Gasteiger partial charge on any atom is 0.337 e. The summed E-state index contributed by atoms with van der Waals surface area (Å²) in [7, 11) is 1.30. The number of hydrogen-bond donors (Lipinski definition) is 2. The van der Waals surface area contributed by atoms with E-state index < -0.39 is 12.0 Å². The zero-order valence-corrected chi connectivity index (χ0v) is 22.7. The van der Waals surface area contributed by atoms with Crippen LogP contribution >= 0.6 is 15.9 Å². The van der Waals surface area contributed by atoms with Crippen LogP contribution in [0, 0.1) is 5.41 Å². The number of nitrogen functional groups attached to an aromatic ring is 1. The van der Waals surface area contributed by atoms with Gasteiger partial charge in [-0.2, -0.15) is 0 Å². The molecule has 12 heteroatoms. The van der Waals surface area contributed by atoms with Crippen molar-refractivity contribution in [3.8, 4) is 0 Å². The number of halogens is 1. The van der Waals surface area contributed by atoms with Crippen LogP contribution in [-0.2, 0) is 20.9 Å². The monoisotopic (exact) mass is 579 g/mol. The summed E-state index contributed by atoms with van der Waals surface area (Å²) < 4.78 is 7.17. The number of methoxy groups -OCH3 is 1. The van der Waals surface area contributed by atoms with E-state index in [1.54, 1.807) is 45.9 Å². The van der Waals surface area contributed by atoms with Gasteiger partial charge in [0.25, 0.3) is 0 Å². The van der Waals surface area contributed by atoms with Gasteiger partial charge in [0, 0.05) is 11.9 Å². The van der Waals surface area contributed by atoms with Crippen LogP contribution in [0.4, 0.5) is 11.6 Å². The third kappa shape index (κ3) is 4.67. The van der Waals surface area contributed by atoms with Gasteiger partial charge in [-0.15, -0.1) is 0 Å². The molecule has 1 aromatic carbocycles. The highest BCUT2D eigenvalue weighted by atomic mass is 79.9. The Balaban J connectivity index is 1.51. The topological polar surface area (TPSA) is 145 Å². The normalized spacial score (nSPS) is 16.6. The van der Waals surface area contributed by atoms with Gasteiger partial charge in [0.2, 0.25) is 11.8 Å². The first-order valence-corrected chi connectivity index (χ1v) is 12.7. The number of pyridine rings is 1. The Morgan fingerprint density at radius 3 is 2.74 bits per heavy atom. The van der Waals surface area contributed by atoms with E-state index in [0.717, 1.165) is 0 Å². The smallest absolute Gasteiger partial charge is 0.337 e. The van der Waals surface area contributed by atoms with Crippen molar-refractivity contribution < 1.29 is 19.1 Å². The first-order chi connectivity index (χ1) is 18.1. The molecule has 1 saturated heterocycles. The summed E-state index contributed by atoms with van der Waals surface area (Å²) in [5.74, 6) is -0.425. The molecule has 3 N–H and O–H groups in total. The van der Waals surface area contributed by atoms with Gasteiger partial charge in [0.1, 0.15) is 40.8 Å². The molecule has 1 atom stereocenters. The average molecular weight is 580 g/mol. The lowest BCUT2D eigenvalue weighted by Crippen LogP contribution is -2.44. The van der Waals surface area contributed by atoms with E-state index in [2.05, 4.69) is 36.2 Å². The number of amides is 2. The molecule has 11 nitrogen and oxygen atoms in total. The van der Waals surface area contributed by atoms with Crippen LogP contribution in [0.25, 0.3) is 21.9 Å². The van der Waals surface area contributed by atoms with Gasteiger partial charge in [0.05, 0.1) is 23.6 Å². The first-order valence-electron chi connectivity index (χ1n) is 11.9. The number of aromatic nitrogens is 4. The fourth-order valence-corrected chi connectivity index (χ4v) is 5.36. The van der Waals surface area contributed by atoms with Gasteiger partial charge in [0.15, 0.2) is 0 Å². The van der Waals surface area contributed by atoms with Crippen LogP contribution in [0.5, 0.6) is 0 Å². The highest BCUT2D eigenvalue weighted by Gasteiger charge is 2.43. The highest BCUT2D eigenvalue weighted by Crippen LogP contribution is 2.36. The maximum atomic E-state index is 13.8. The molecule has 0 aliphatic carbocycles. The number of likely N-dealkylation sites (tertiary alicyclic amines) is 1. The fraction of sp³-hybridized carbons (Fsp3) is 0.308. The molecule has 1 aliphatic heterocycles. The molecule has 38 heavy (non-hydrogen) atoms. The number of hydrogen-bond acceptors (Lipinski definition) is 8. The molecule has 2 amide bonds. The number of nitrogens with two attached hydrogens (primary N) is 1. The fourth-order valence-electron chi connectivity index (χ4n) is 5.02. The number of ether oxygens (including phenoxy) is 1. The van der Waals surface area contributed by atoms with Crippen molar-refractivity contribution in [3.63, 3.8) is 0 Å². The Morgan fingerprint density at radius 2 is 2.00 bits per heavy atom. The van der Waals surface area contributed by atoms with Gasteiger partial charge in [-0.25, -0.2) is 19.7 Å². The zero-order chi connectivity index (χ0) is 27.2. The Bertz CT molecular complexity index is 1600. The van der Waals surface area contributed by atoms with Gasteiger partial charge >= 0.3 is 5.97 Å². The van der Waals surface area contributed by atoms with Crippen LogP contribution < -0.4 is 11.1 Å². The van der Waals surface area contributed by atoms with Crippen LogP contribution in [0.1, 0.15) is 30.6 Å². The number of benzene rings is 1. The van der Waals surface area contributed by atoms with E-state index in [1.165, 1.54) is 13.4 Å². The Hall–Kier alpha value is -4.06. The van der Waals surface area contributed by atoms with Crippen molar-refractivity contribution in [1.29, 1.82) is 0 Å². The van der Waals surface area contributed by atoms with Gasteiger partial charge < -0.3 is 25.3 Å². The third-order valence-electron chi connectivity index (χ3n) is 6.69. The molecule has 3 aromatic heterocycles. The Labute approximate surface area is 226 Å². The first kappa shape index (κ1) is 25.6. The summed E-state index contributed by atoms with van der Waals surface area (Å²) in [5.41, 5.74) is 7.28. The molecule has 1 aliphatic rings. The number of fused-ring (bicyclic) bond motifs is 3. The number of nitrogens with zero attached hydrogens (tertiary/aromatic N) is 5. The van der Waals surface area contributed by atoms with Crippen molar-refractivity contribution in [2.45, 2.75) is 32.9 Å². The van der Waals surface area contributed by atoms with Crippen LogP contribution in [0.15, 0.2) is 47.3 Å². The van der Waals surface area contributed by atoms with E-state index >= 15 is 0 Å². The number of anilines is 2. The van der Waals surface area contributed by atoms with Gasteiger partial charge in [-0.3, -0.25) is 9.59 Å². The Kier molecular flexibility index (Phi) is 6.51. The second-order valence-corrected chi connectivity index (χ2v) is 10.8. The largest absolute Gasteiger partial charge is 0.465 e. The molecule has 4 aromatic rings. The van der Waals surface area contributed by atoms with Crippen molar-refractivity contribution in [2.75, 3.05) is 24.7 Å². The summed E-state index contributed by atoms with van der Waals surface area (Å²) in [6.07, 6.45) is 1.83. The second-order valence-electron chi connectivity index (χ2n) is 10.0. The summed E-state index contributed by atoms with van der Waals surface area (Å²) in [5, 5.41) is 4.12. The highest BCUT2D eigenvalue weighted by molar-refractivity contribution is 9.10. The number of carbonyl (C=O) groups excluding carboxylic acids is 3. The predicted octanol–water partition coefficient (Wildman–Crippen LogP) is 3.38. The molecular formula is C26H26BrN7O4. The molecule has 0 spiro atoms. The maximum absolute atomic E-state index is 13.8. The van der Waals surface area contributed by atoms with E-state index in [0.29, 0.717) is 50.9 Å². The summed E-state index contributed by atoms with van der Waals surface area (Å²) in [6, 6.07) is 9.56. The van der Waals surface area contributed by atoms with Crippen molar-refractivity contribution in [1.82, 2.24) is 24.4 Å². The molecule has 5 rings (SSSR count). The lowest BCUT2D eigenvalue weighted by molar-refractivity contribution is -0.137.